The molecule has 0 spiro atoms. The lowest BCUT2D eigenvalue weighted by Crippen LogP contribution is -2.55. The van der Waals surface area contributed by atoms with Crippen LogP contribution in [0, 0.1) is 6.92 Å². The first-order valence-electron chi connectivity index (χ1n) is 12.4. The third-order valence-electron chi connectivity index (χ3n) is 7.14. The maximum atomic E-state index is 13.7. The van der Waals surface area contributed by atoms with E-state index in [0.717, 1.165) is 16.6 Å². The van der Waals surface area contributed by atoms with Crippen molar-refractivity contribution in [1.29, 1.82) is 0 Å². The molecule has 4 aromatic rings. The third-order valence-corrected chi connectivity index (χ3v) is 7.14. The Morgan fingerprint density at radius 2 is 1.70 bits per heavy atom. The lowest BCUT2D eigenvalue weighted by molar-refractivity contribution is -0.123. The Bertz CT molecular complexity index is 1450. The van der Waals surface area contributed by atoms with E-state index in [1.165, 1.54) is 4.90 Å². The molecule has 7 nitrogen and oxygen atoms in total. The molecule has 7 heteroatoms. The van der Waals surface area contributed by atoms with Crippen molar-refractivity contribution in [2.45, 2.75) is 52.1 Å². The summed E-state index contributed by atoms with van der Waals surface area (Å²) >= 11 is 0. The minimum atomic E-state index is -0.882. The molecular formula is C30H29N3O4. The number of amides is 3. The van der Waals surface area contributed by atoms with Gasteiger partial charge in [0.25, 0.3) is 11.8 Å². The summed E-state index contributed by atoms with van der Waals surface area (Å²) < 4.78 is 5.83. The molecule has 1 aliphatic rings. The molecule has 0 N–H and O–H groups in total. The molecule has 37 heavy (non-hydrogen) atoms. The number of nitrogens with zero attached hydrogens (tertiary/aromatic N) is 3. The number of hydrogen-bond acceptors (Lipinski definition) is 5. The maximum absolute atomic E-state index is 13.7. The molecule has 1 unspecified atom stereocenters. The van der Waals surface area contributed by atoms with Gasteiger partial charge in [0.1, 0.15) is 11.6 Å². The average Bonchev–Trinajstić information content (AvgIpc) is 3.45. The fraction of sp³-hybridized carbons (Fsp3) is 0.267. The summed E-state index contributed by atoms with van der Waals surface area (Å²) in [4.78, 5) is 47.7. The van der Waals surface area contributed by atoms with Crippen molar-refractivity contribution < 1.29 is 18.8 Å². The molecule has 0 radical (unpaired) electrons. The normalized spacial score (nSPS) is 16.0. The number of para-hydroxylation sites is 2. The third kappa shape index (κ3) is 4.42. The molecular weight excluding hydrogens is 466 g/mol. The van der Waals surface area contributed by atoms with Crippen LogP contribution in [-0.4, -0.2) is 39.2 Å². The second-order valence-electron chi connectivity index (χ2n) is 10.0. The molecule has 0 aliphatic carbocycles. The van der Waals surface area contributed by atoms with E-state index in [-0.39, 0.29) is 18.2 Å². The summed E-state index contributed by atoms with van der Waals surface area (Å²) in [6.45, 7) is 7.77. The van der Waals surface area contributed by atoms with E-state index in [4.69, 9.17) is 4.42 Å². The van der Waals surface area contributed by atoms with Crippen LogP contribution < -0.4 is 4.90 Å². The van der Waals surface area contributed by atoms with E-state index in [1.807, 2.05) is 64.1 Å². The van der Waals surface area contributed by atoms with E-state index < -0.39 is 17.5 Å². The van der Waals surface area contributed by atoms with Gasteiger partial charge in [0.05, 0.1) is 12.1 Å². The van der Waals surface area contributed by atoms with Gasteiger partial charge in [0.2, 0.25) is 11.8 Å². The van der Waals surface area contributed by atoms with Gasteiger partial charge in [-0.05, 0) is 75.7 Å². The van der Waals surface area contributed by atoms with Crippen LogP contribution in [0.15, 0.2) is 77.2 Å². The number of rotatable bonds is 6. The predicted molar refractivity (Wildman–Crippen MR) is 142 cm³/mol. The molecule has 1 fully saturated rings. The number of oxazole rings is 1. The monoisotopic (exact) mass is 495 g/mol. The van der Waals surface area contributed by atoms with Gasteiger partial charge >= 0.3 is 0 Å². The van der Waals surface area contributed by atoms with Crippen LogP contribution in [0.4, 0.5) is 5.69 Å². The lowest BCUT2D eigenvalue weighted by atomic mass is 9.94. The van der Waals surface area contributed by atoms with Gasteiger partial charge in [0.15, 0.2) is 5.58 Å². The van der Waals surface area contributed by atoms with Crippen molar-refractivity contribution in [3.8, 4) is 11.5 Å². The van der Waals surface area contributed by atoms with Crippen LogP contribution in [-0.2, 0) is 9.59 Å². The molecule has 0 saturated carbocycles. The van der Waals surface area contributed by atoms with Crippen LogP contribution in [0.5, 0.6) is 0 Å². The number of benzene rings is 3. The molecule has 1 saturated heterocycles. The summed E-state index contributed by atoms with van der Waals surface area (Å²) in [5, 5.41) is 0. The second-order valence-corrected chi connectivity index (χ2v) is 10.0. The minimum Gasteiger partial charge on any atom is -0.436 e. The Morgan fingerprint density at radius 3 is 2.35 bits per heavy atom. The number of anilines is 1. The number of aromatic nitrogens is 1. The molecule has 0 bridgehead atoms. The largest absolute Gasteiger partial charge is 0.436 e. The van der Waals surface area contributed by atoms with E-state index in [1.54, 1.807) is 41.3 Å². The molecule has 5 rings (SSSR count). The average molecular weight is 496 g/mol. The molecule has 3 amide bonds. The van der Waals surface area contributed by atoms with Crippen molar-refractivity contribution in [3.63, 3.8) is 0 Å². The quantitative estimate of drug-likeness (QED) is 0.317. The number of aryl methyl sites for hydroxylation is 1. The Labute approximate surface area is 215 Å². The van der Waals surface area contributed by atoms with Crippen LogP contribution in [0.25, 0.3) is 22.6 Å². The van der Waals surface area contributed by atoms with Crippen LogP contribution >= 0.6 is 0 Å². The topological polar surface area (TPSA) is 83.7 Å². The van der Waals surface area contributed by atoms with Gasteiger partial charge < -0.3 is 9.32 Å². The Kier molecular flexibility index (Phi) is 6.15. The minimum absolute atomic E-state index is 0.0628. The number of imide groups is 1. The first-order valence-corrected chi connectivity index (χ1v) is 12.4. The highest BCUT2D eigenvalue weighted by molar-refractivity contribution is 6.23. The Morgan fingerprint density at radius 1 is 1.03 bits per heavy atom. The van der Waals surface area contributed by atoms with Gasteiger partial charge in [-0.3, -0.25) is 14.4 Å². The van der Waals surface area contributed by atoms with Crippen molar-refractivity contribution in [3.05, 3.63) is 83.9 Å². The zero-order valence-corrected chi connectivity index (χ0v) is 21.4. The summed E-state index contributed by atoms with van der Waals surface area (Å²) in [7, 11) is 0. The summed E-state index contributed by atoms with van der Waals surface area (Å²) in [6.07, 6.45) is 0.564. The van der Waals surface area contributed by atoms with Gasteiger partial charge in [-0.2, -0.15) is 0 Å². The number of hydrogen-bond donors (Lipinski definition) is 0. The van der Waals surface area contributed by atoms with Crippen molar-refractivity contribution in [2.24, 2.45) is 0 Å². The van der Waals surface area contributed by atoms with Crippen LogP contribution in [0.2, 0.25) is 0 Å². The fourth-order valence-corrected chi connectivity index (χ4v) is 4.68. The van der Waals surface area contributed by atoms with Gasteiger partial charge in [-0.15, -0.1) is 0 Å². The van der Waals surface area contributed by atoms with Crippen LogP contribution in [0.3, 0.4) is 0 Å². The van der Waals surface area contributed by atoms with E-state index >= 15 is 0 Å². The molecule has 188 valence electrons. The number of carbonyl (C=O) groups is 3. The highest BCUT2D eigenvalue weighted by atomic mass is 16.3. The van der Waals surface area contributed by atoms with Gasteiger partial charge in [-0.1, -0.05) is 36.8 Å². The Hall–Kier alpha value is -4.26. The number of carbonyl (C=O) groups excluding carboxylic acids is 3. The Balaban J connectivity index is 1.44. The first kappa shape index (κ1) is 24.4. The highest BCUT2D eigenvalue weighted by Gasteiger charge is 2.48. The van der Waals surface area contributed by atoms with Crippen LogP contribution in [0.1, 0.15) is 49.5 Å². The maximum Gasteiger partial charge on any atom is 0.257 e. The fourth-order valence-electron chi connectivity index (χ4n) is 4.68. The lowest BCUT2D eigenvalue weighted by Gasteiger charge is -2.41. The summed E-state index contributed by atoms with van der Waals surface area (Å²) in [5.74, 6) is -0.532. The smallest absolute Gasteiger partial charge is 0.257 e. The highest BCUT2D eigenvalue weighted by Crippen LogP contribution is 2.33. The zero-order chi connectivity index (χ0) is 26.3. The first-order chi connectivity index (χ1) is 17.7. The summed E-state index contributed by atoms with van der Waals surface area (Å²) in [6, 6.07) is 20.9. The van der Waals surface area contributed by atoms with Gasteiger partial charge in [0, 0.05) is 16.7 Å². The second kappa shape index (κ2) is 9.32. The molecule has 2 heterocycles. The van der Waals surface area contributed by atoms with E-state index in [0.29, 0.717) is 29.1 Å². The SMILES string of the molecule is CCC(C)(C)N(C(=O)c1ccc(C)cc1)C1CC(=O)N(c2ccc(-c3nc4ccccc4o3)cc2)C1=O. The van der Waals surface area contributed by atoms with E-state index in [2.05, 4.69) is 4.98 Å². The zero-order valence-electron chi connectivity index (χ0n) is 21.4. The van der Waals surface area contributed by atoms with Crippen molar-refractivity contribution in [2.75, 3.05) is 4.90 Å². The summed E-state index contributed by atoms with van der Waals surface area (Å²) in [5.41, 5.74) is 3.53. The molecule has 1 aromatic heterocycles. The molecule has 3 aromatic carbocycles. The number of fused-ring (bicyclic) bond motifs is 1. The van der Waals surface area contributed by atoms with Crippen molar-refractivity contribution in [1.82, 2.24) is 9.88 Å². The van der Waals surface area contributed by atoms with Crippen molar-refractivity contribution >= 4 is 34.5 Å². The molecule has 1 atom stereocenters. The van der Waals surface area contributed by atoms with Gasteiger partial charge in [-0.25, -0.2) is 9.88 Å². The molecule has 1 aliphatic heterocycles. The standard InChI is InChI=1S/C30H29N3O4/c1-5-30(3,4)33(28(35)21-12-10-19(2)11-13-21)24-18-26(34)32(29(24)36)22-16-14-20(15-17-22)27-31-23-8-6-7-9-25(23)37-27/h6-17,24H,5,18H2,1-4H3. The van der Waals surface area contributed by atoms with E-state index in [9.17, 15) is 14.4 Å². The predicted octanol–water partition coefficient (Wildman–Crippen LogP) is 5.77.